The number of imide groups is 2. The number of carbonyl (C=O) groups is 3. The molecule has 29 heavy (non-hydrogen) atoms. The predicted octanol–water partition coefficient (Wildman–Crippen LogP) is 2.37. The highest BCUT2D eigenvalue weighted by atomic mass is 16.5. The number of benzene rings is 2. The van der Waals surface area contributed by atoms with Gasteiger partial charge in [-0.25, -0.2) is 4.79 Å². The number of amides is 4. The van der Waals surface area contributed by atoms with Crippen molar-refractivity contribution < 1.29 is 28.6 Å². The summed E-state index contributed by atoms with van der Waals surface area (Å²) in [4.78, 5) is 38.3. The molecule has 8 heteroatoms. The molecule has 150 valence electrons. The van der Waals surface area contributed by atoms with Crippen LogP contribution in [0.25, 0.3) is 6.08 Å². The van der Waals surface area contributed by atoms with Crippen molar-refractivity contribution >= 4 is 23.9 Å². The van der Waals surface area contributed by atoms with Gasteiger partial charge in [-0.15, -0.1) is 0 Å². The quantitative estimate of drug-likeness (QED) is 0.595. The van der Waals surface area contributed by atoms with Crippen LogP contribution >= 0.6 is 0 Å². The molecule has 0 saturated carbocycles. The van der Waals surface area contributed by atoms with Crippen LogP contribution < -0.4 is 19.5 Å². The van der Waals surface area contributed by atoms with Gasteiger partial charge in [0.05, 0.1) is 27.9 Å². The Bertz CT molecular complexity index is 981. The second kappa shape index (κ2) is 8.47. The maximum Gasteiger partial charge on any atom is 0.331 e. The van der Waals surface area contributed by atoms with E-state index in [1.54, 1.807) is 49.6 Å². The van der Waals surface area contributed by atoms with Gasteiger partial charge in [-0.3, -0.25) is 19.8 Å². The molecule has 1 aliphatic heterocycles. The van der Waals surface area contributed by atoms with Crippen LogP contribution in [0, 0.1) is 0 Å². The molecule has 0 bridgehead atoms. The summed E-state index contributed by atoms with van der Waals surface area (Å²) in [6.45, 7) is 0.0191. The summed E-state index contributed by atoms with van der Waals surface area (Å²) in [6, 6.07) is 11.2. The molecule has 3 rings (SSSR count). The highest BCUT2D eigenvalue weighted by molar-refractivity contribution is 6.30. The first-order valence-corrected chi connectivity index (χ1v) is 8.70. The summed E-state index contributed by atoms with van der Waals surface area (Å²) >= 11 is 0. The Hall–Kier alpha value is -3.81. The summed E-state index contributed by atoms with van der Waals surface area (Å²) in [5, 5.41) is 2.20. The molecule has 8 nitrogen and oxygen atoms in total. The van der Waals surface area contributed by atoms with Gasteiger partial charge < -0.3 is 14.2 Å². The fraction of sp³-hybridized carbons (Fsp3) is 0.190. The van der Waals surface area contributed by atoms with Gasteiger partial charge in [0, 0.05) is 0 Å². The average molecular weight is 396 g/mol. The van der Waals surface area contributed by atoms with Gasteiger partial charge in [0.2, 0.25) is 0 Å². The van der Waals surface area contributed by atoms with E-state index in [1.807, 2.05) is 0 Å². The van der Waals surface area contributed by atoms with Crippen molar-refractivity contribution in [2.45, 2.75) is 6.54 Å². The van der Waals surface area contributed by atoms with Gasteiger partial charge in [0.25, 0.3) is 11.8 Å². The number of carbonyl (C=O) groups excluding carboxylic acids is 3. The van der Waals surface area contributed by atoms with Crippen LogP contribution in [0.5, 0.6) is 17.2 Å². The Morgan fingerprint density at radius 1 is 0.897 bits per heavy atom. The lowest BCUT2D eigenvalue weighted by molar-refractivity contribution is -0.130. The van der Waals surface area contributed by atoms with Gasteiger partial charge >= 0.3 is 6.03 Å². The first-order chi connectivity index (χ1) is 14.0. The number of urea groups is 1. The summed E-state index contributed by atoms with van der Waals surface area (Å²) in [5.74, 6) is 0.208. The van der Waals surface area contributed by atoms with E-state index in [4.69, 9.17) is 14.2 Å². The smallest absolute Gasteiger partial charge is 0.331 e. The maximum atomic E-state index is 12.9. The minimum Gasteiger partial charge on any atom is -0.497 e. The molecular weight excluding hydrogens is 376 g/mol. The monoisotopic (exact) mass is 396 g/mol. The topological polar surface area (TPSA) is 94.2 Å². The summed E-state index contributed by atoms with van der Waals surface area (Å²) in [6.07, 6.45) is 1.41. The highest BCUT2D eigenvalue weighted by Gasteiger charge is 2.35. The normalized spacial score (nSPS) is 15.3. The molecule has 1 saturated heterocycles. The lowest BCUT2D eigenvalue weighted by atomic mass is 10.1. The zero-order chi connectivity index (χ0) is 21.0. The second-order valence-corrected chi connectivity index (χ2v) is 6.17. The van der Waals surface area contributed by atoms with Gasteiger partial charge in [-0.1, -0.05) is 18.2 Å². The average Bonchev–Trinajstić information content (AvgIpc) is 2.74. The molecule has 1 fully saturated rings. The minimum absolute atomic E-state index is 0.0191. The third-order valence-corrected chi connectivity index (χ3v) is 4.40. The van der Waals surface area contributed by atoms with Crippen molar-refractivity contribution in [2.75, 3.05) is 21.3 Å². The van der Waals surface area contributed by atoms with Crippen molar-refractivity contribution in [2.24, 2.45) is 0 Å². The standard InChI is InChI=1S/C21H20N2O6/c1-27-15-7-4-13(5-8-15)12-23-20(25)16(19(24)22-21(23)26)10-14-6-9-17(28-2)18(11-14)29-3/h4-11H,12H2,1-3H3,(H,22,24,26). The molecule has 1 N–H and O–H groups in total. The Labute approximate surface area is 167 Å². The fourth-order valence-corrected chi connectivity index (χ4v) is 2.86. The van der Waals surface area contributed by atoms with Gasteiger partial charge in [0.15, 0.2) is 11.5 Å². The Balaban J connectivity index is 1.88. The molecule has 1 heterocycles. The Morgan fingerprint density at radius 3 is 2.21 bits per heavy atom. The van der Waals surface area contributed by atoms with E-state index in [0.29, 0.717) is 28.4 Å². The van der Waals surface area contributed by atoms with E-state index in [1.165, 1.54) is 20.3 Å². The minimum atomic E-state index is -0.764. The van der Waals surface area contributed by atoms with E-state index in [-0.39, 0.29) is 12.1 Å². The molecule has 0 radical (unpaired) electrons. The lowest BCUT2D eigenvalue weighted by Gasteiger charge is -2.26. The van der Waals surface area contributed by atoms with E-state index >= 15 is 0 Å². The van der Waals surface area contributed by atoms with Crippen molar-refractivity contribution in [1.29, 1.82) is 0 Å². The number of nitrogens with one attached hydrogen (secondary N) is 1. The summed E-state index contributed by atoms with van der Waals surface area (Å²) in [5.41, 5.74) is 1.12. The molecule has 0 aromatic heterocycles. The number of nitrogens with zero attached hydrogens (tertiary/aromatic N) is 1. The molecule has 4 amide bonds. The van der Waals surface area contributed by atoms with Crippen LogP contribution in [0.1, 0.15) is 11.1 Å². The van der Waals surface area contributed by atoms with E-state index in [2.05, 4.69) is 5.32 Å². The van der Waals surface area contributed by atoms with E-state index < -0.39 is 17.8 Å². The number of ether oxygens (including phenoxy) is 3. The maximum absolute atomic E-state index is 12.9. The Morgan fingerprint density at radius 2 is 1.59 bits per heavy atom. The summed E-state index contributed by atoms with van der Waals surface area (Å²) < 4.78 is 15.5. The third-order valence-electron chi connectivity index (χ3n) is 4.40. The number of barbiturate groups is 1. The van der Waals surface area contributed by atoms with Crippen molar-refractivity contribution in [3.05, 3.63) is 59.2 Å². The first-order valence-electron chi connectivity index (χ1n) is 8.70. The largest absolute Gasteiger partial charge is 0.497 e. The predicted molar refractivity (Wildman–Crippen MR) is 105 cm³/mol. The van der Waals surface area contributed by atoms with Crippen LogP contribution in [0.4, 0.5) is 4.79 Å². The third kappa shape index (κ3) is 4.21. The zero-order valence-electron chi connectivity index (χ0n) is 16.2. The van der Waals surface area contributed by atoms with Crippen LogP contribution in [-0.4, -0.2) is 44.1 Å². The van der Waals surface area contributed by atoms with Crippen molar-refractivity contribution in [3.8, 4) is 17.2 Å². The number of rotatable bonds is 6. The van der Waals surface area contributed by atoms with Crippen LogP contribution in [0.2, 0.25) is 0 Å². The molecular formula is C21H20N2O6. The van der Waals surface area contributed by atoms with Gasteiger partial charge in [-0.2, -0.15) is 0 Å². The SMILES string of the molecule is COc1ccc(CN2C(=O)NC(=O)C(=Cc3ccc(OC)c(OC)c3)C2=O)cc1. The van der Waals surface area contributed by atoms with E-state index in [9.17, 15) is 14.4 Å². The molecule has 0 unspecified atom stereocenters. The molecule has 2 aromatic carbocycles. The Kier molecular flexibility index (Phi) is 5.82. The van der Waals surface area contributed by atoms with Crippen molar-refractivity contribution in [3.63, 3.8) is 0 Å². The molecule has 0 spiro atoms. The second-order valence-electron chi connectivity index (χ2n) is 6.17. The number of hydrogen-bond acceptors (Lipinski definition) is 6. The highest BCUT2D eigenvalue weighted by Crippen LogP contribution is 2.29. The molecule has 0 aliphatic carbocycles. The van der Waals surface area contributed by atoms with Crippen LogP contribution in [0.3, 0.4) is 0 Å². The summed E-state index contributed by atoms with van der Waals surface area (Å²) in [7, 11) is 4.55. The zero-order valence-corrected chi connectivity index (χ0v) is 16.2. The van der Waals surface area contributed by atoms with Gasteiger partial charge in [-0.05, 0) is 41.5 Å². The lowest BCUT2D eigenvalue weighted by Crippen LogP contribution is -2.53. The molecule has 2 aromatic rings. The number of hydrogen-bond donors (Lipinski definition) is 1. The fourth-order valence-electron chi connectivity index (χ4n) is 2.86. The van der Waals surface area contributed by atoms with Crippen molar-refractivity contribution in [1.82, 2.24) is 10.2 Å². The van der Waals surface area contributed by atoms with Crippen LogP contribution in [-0.2, 0) is 16.1 Å². The van der Waals surface area contributed by atoms with Gasteiger partial charge in [0.1, 0.15) is 11.3 Å². The molecule has 0 atom stereocenters. The number of methoxy groups -OCH3 is 3. The first kappa shape index (κ1) is 19.9. The van der Waals surface area contributed by atoms with E-state index in [0.717, 1.165) is 4.90 Å². The van der Waals surface area contributed by atoms with Crippen LogP contribution in [0.15, 0.2) is 48.0 Å². The molecule has 1 aliphatic rings.